The van der Waals surface area contributed by atoms with Crippen LogP contribution in [-0.2, 0) is 4.74 Å². The molecule has 2 aromatic heterocycles. The molecule has 0 aromatic carbocycles. The number of pyridine rings is 1. The quantitative estimate of drug-likeness (QED) is 0.726. The van der Waals surface area contributed by atoms with Crippen LogP contribution in [0.1, 0.15) is 10.5 Å². The molecule has 5 heteroatoms. The van der Waals surface area contributed by atoms with E-state index in [1.165, 1.54) is 18.4 Å². The fraction of sp³-hybridized carbons (Fsp3) is 0.100. The molecule has 0 unspecified atom stereocenters. The van der Waals surface area contributed by atoms with Crippen LogP contribution < -0.4 is 0 Å². The van der Waals surface area contributed by atoms with Crippen molar-refractivity contribution in [2.24, 2.45) is 0 Å². The van der Waals surface area contributed by atoms with Gasteiger partial charge in [-0.05, 0) is 12.1 Å². The van der Waals surface area contributed by atoms with Crippen LogP contribution >= 0.6 is 11.3 Å². The van der Waals surface area contributed by atoms with E-state index >= 15 is 0 Å². The van der Waals surface area contributed by atoms with Crippen molar-refractivity contribution >= 4 is 17.3 Å². The zero-order valence-corrected chi connectivity index (χ0v) is 8.82. The molecule has 0 atom stereocenters. The molecule has 0 spiro atoms. The summed E-state index contributed by atoms with van der Waals surface area (Å²) in [5.41, 5.74) is 1.08. The molecule has 0 aliphatic heterocycles. The Kier molecular flexibility index (Phi) is 2.73. The number of esters is 1. The SMILES string of the molecule is COC(=O)c1csc(-c2ccccn2)n1. The maximum absolute atomic E-state index is 11.2. The predicted molar refractivity (Wildman–Crippen MR) is 56.7 cm³/mol. The topological polar surface area (TPSA) is 52.1 Å². The van der Waals surface area contributed by atoms with Crippen LogP contribution in [-0.4, -0.2) is 23.0 Å². The van der Waals surface area contributed by atoms with Crippen molar-refractivity contribution in [2.45, 2.75) is 0 Å². The van der Waals surface area contributed by atoms with E-state index in [0.29, 0.717) is 5.69 Å². The molecule has 4 nitrogen and oxygen atoms in total. The number of rotatable bonds is 2. The summed E-state index contributed by atoms with van der Waals surface area (Å²) in [4.78, 5) is 19.4. The minimum absolute atomic E-state index is 0.322. The first-order chi connectivity index (χ1) is 7.31. The van der Waals surface area contributed by atoms with Crippen molar-refractivity contribution in [3.05, 3.63) is 35.5 Å². The van der Waals surface area contributed by atoms with Crippen molar-refractivity contribution < 1.29 is 9.53 Å². The number of carbonyl (C=O) groups is 1. The number of ether oxygens (including phenoxy) is 1. The highest BCUT2D eigenvalue weighted by molar-refractivity contribution is 7.13. The van der Waals surface area contributed by atoms with Crippen molar-refractivity contribution in [2.75, 3.05) is 7.11 Å². The Morgan fingerprint density at radius 1 is 1.47 bits per heavy atom. The molecular formula is C10H8N2O2S. The summed E-state index contributed by atoms with van der Waals surface area (Å²) in [5, 5.41) is 2.38. The Bertz CT molecular complexity index is 467. The number of hydrogen-bond donors (Lipinski definition) is 0. The van der Waals surface area contributed by atoms with E-state index in [0.717, 1.165) is 10.7 Å². The molecule has 2 rings (SSSR count). The third-order valence-electron chi connectivity index (χ3n) is 1.78. The zero-order valence-electron chi connectivity index (χ0n) is 8.01. The molecule has 0 aliphatic carbocycles. The summed E-state index contributed by atoms with van der Waals surface area (Å²) in [6.07, 6.45) is 1.69. The summed E-state index contributed by atoms with van der Waals surface area (Å²) in [7, 11) is 1.34. The van der Waals surface area contributed by atoms with Crippen molar-refractivity contribution in [1.82, 2.24) is 9.97 Å². The molecule has 0 saturated heterocycles. The molecule has 76 valence electrons. The van der Waals surface area contributed by atoms with Crippen molar-refractivity contribution in [3.63, 3.8) is 0 Å². The molecule has 2 aromatic rings. The third kappa shape index (κ3) is 2.02. The number of methoxy groups -OCH3 is 1. The lowest BCUT2D eigenvalue weighted by Gasteiger charge is -1.93. The Morgan fingerprint density at radius 3 is 3.00 bits per heavy atom. The average Bonchev–Trinajstić information content (AvgIpc) is 2.78. The van der Waals surface area contributed by atoms with Crippen LogP contribution in [0, 0.1) is 0 Å². The van der Waals surface area contributed by atoms with E-state index < -0.39 is 5.97 Å². The van der Waals surface area contributed by atoms with E-state index in [2.05, 4.69) is 14.7 Å². The van der Waals surface area contributed by atoms with Gasteiger partial charge in [0.15, 0.2) is 5.69 Å². The van der Waals surface area contributed by atoms with Crippen LogP contribution in [0.4, 0.5) is 0 Å². The van der Waals surface area contributed by atoms with Gasteiger partial charge < -0.3 is 4.74 Å². The second kappa shape index (κ2) is 4.18. The lowest BCUT2D eigenvalue weighted by molar-refractivity contribution is 0.0595. The van der Waals surface area contributed by atoms with E-state index in [1.54, 1.807) is 11.6 Å². The number of aromatic nitrogens is 2. The Labute approximate surface area is 90.6 Å². The first-order valence-corrected chi connectivity index (χ1v) is 5.14. The van der Waals surface area contributed by atoms with Gasteiger partial charge in [-0.3, -0.25) is 4.98 Å². The van der Waals surface area contributed by atoms with Gasteiger partial charge in [-0.1, -0.05) is 6.07 Å². The molecule has 0 saturated carbocycles. The van der Waals surface area contributed by atoms with Crippen LogP contribution in [0.2, 0.25) is 0 Å². The standard InChI is InChI=1S/C10H8N2O2S/c1-14-10(13)8-6-15-9(12-8)7-4-2-3-5-11-7/h2-6H,1H3. The minimum atomic E-state index is -0.423. The summed E-state index contributed by atoms with van der Waals surface area (Å²) >= 11 is 1.37. The maximum atomic E-state index is 11.2. The average molecular weight is 220 g/mol. The summed E-state index contributed by atoms with van der Waals surface area (Å²) in [6, 6.07) is 5.56. The zero-order chi connectivity index (χ0) is 10.7. The monoisotopic (exact) mass is 220 g/mol. The largest absolute Gasteiger partial charge is 0.464 e. The van der Waals surface area contributed by atoms with Gasteiger partial charge in [0.05, 0.1) is 12.8 Å². The smallest absolute Gasteiger partial charge is 0.357 e. The summed E-state index contributed by atoms with van der Waals surface area (Å²) in [6.45, 7) is 0. The van der Waals surface area contributed by atoms with Gasteiger partial charge in [-0.15, -0.1) is 11.3 Å². The Morgan fingerprint density at radius 2 is 2.33 bits per heavy atom. The molecule has 0 fully saturated rings. The predicted octanol–water partition coefficient (Wildman–Crippen LogP) is 1.99. The van der Waals surface area contributed by atoms with E-state index in [9.17, 15) is 4.79 Å². The fourth-order valence-corrected chi connectivity index (χ4v) is 1.84. The van der Waals surface area contributed by atoms with Gasteiger partial charge in [-0.25, -0.2) is 9.78 Å². The van der Waals surface area contributed by atoms with Gasteiger partial charge in [0.1, 0.15) is 5.01 Å². The van der Waals surface area contributed by atoms with E-state index in [4.69, 9.17) is 0 Å². The van der Waals surface area contributed by atoms with Gasteiger partial charge in [0.25, 0.3) is 0 Å². The second-order valence-electron chi connectivity index (χ2n) is 2.74. The van der Waals surface area contributed by atoms with Gasteiger partial charge in [0, 0.05) is 11.6 Å². The van der Waals surface area contributed by atoms with Gasteiger partial charge in [0.2, 0.25) is 0 Å². The van der Waals surface area contributed by atoms with Gasteiger partial charge in [-0.2, -0.15) is 0 Å². The first kappa shape index (κ1) is 9.79. The van der Waals surface area contributed by atoms with Crippen molar-refractivity contribution in [1.29, 1.82) is 0 Å². The first-order valence-electron chi connectivity index (χ1n) is 4.26. The van der Waals surface area contributed by atoms with Crippen molar-refractivity contribution in [3.8, 4) is 10.7 Å². The highest BCUT2D eigenvalue weighted by atomic mass is 32.1. The van der Waals surface area contributed by atoms with E-state index in [1.807, 2.05) is 18.2 Å². The molecule has 15 heavy (non-hydrogen) atoms. The summed E-state index contributed by atoms with van der Waals surface area (Å²) < 4.78 is 4.57. The fourth-order valence-electron chi connectivity index (χ4n) is 1.08. The molecule has 2 heterocycles. The molecule has 0 N–H and O–H groups in total. The van der Waals surface area contributed by atoms with Crippen LogP contribution in [0.25, 0.3) is 10.7 Å². The molecule has 0 bridgehead atoms. The van der Waals surface area contributed by atoms with Crippen LogP contribution in [0.3, 0.4) is 0 Å². The normalized spacial score (nSPS) is 9.93. The minimum Gasteiger partial charge on any atom is -0.464 e. The molecule has 0 amide bonds. The van der Waals surface area contributed by atoms with Crippen LogP contribution in [0.5, 0.6) is 0 Å². The Hall–Kier alpha value is -1.75. The Balaban J connectivity index is 2.32. The number of hydrogen-bond acceptors (Lipinski definition) is 5. The highest BCUT2D eigenvalue weighted by Gasteiger charge is 2.11. The van der Waals surface area contributed by atoms with Crippen LogP contribution in [0.15, 0.2) is 29.8 Å². The third-order valence-corrected chi connectivity index (χ3v) is 2.65. The number of nitrogens with zero attached hydrogens (tertiary/aromatic N) is 2. The lowest BCUT2D eigenvalue weighted by atomic mass is 10.4. The number of carbonyl (C=O) groups excluding carboxylic acids is 1. The molecule has 0 aliphatic rings. The highest BCUT2D eigenvalue weighted by Crippen LogP contribution is 2.21. The second-order valence-corrected chi connectivity index (χ2v) is 3.60. The molecule has 0 radical (unpaired) electrons. The lowest BCUT2D eigenvalue weighted by Crippen LogP contribution is -2.01. The maximum Gasteiger partial charge on any atom is 0.357 e. The van der Waals surface area contributed by atoms with E-state index in [-0.39, 0.29) is 0 Å². The number of thiazole rings is 1. The van der Waals surface area contributed by atoms with Gasteiger partial charge >= 0.3 is 5.97 Å². The molecular weight excluding hydrogens is 212 g/mol. The summed E-state index contributed by atoms with van der Waals surface area (Å²) in [5.74, 6) is -0.423.